The van der Waals surface area contributed by atoms with Gasteiger partial charge in [0.05, 0.1) is 0 Å². The highest BCUT2D eigenvalue weighted by molar-refractivity contribution is 5.48. The number of anilines is 3. The third-order valence-electron chi connectivity index (χ3n) is 4.79. The second-order valence-corrected chi connectivity index (χ2v) is 6.38. The van der Waals surface area contributed by atoms with Gasteiger partial charge in [0.15, 0.2) is 0 Å². The van der Waals surface area contributed by atoms with Crippen LogP contribution in [-0.4, -0.2) is 54.2 Å². The highest BCUT2D eigenvalue weighted by atomic mass is 15.3. The summed E-state index contributed by atoms with van der Waals surface area (Å²) in [6.07, 6.45) is 4.31. The van der Waals surface area contributed by atoms with E-state index in [1.54, 1.807) is 6.07 Å². The summed E-state index contributed by atoms with van der Waals surface area (Å²) in [6.45, 7) is 5.61. The van der Waals surface area contributed by atoms with Crippen LogP contribution in [0.4, 0.5) is 17.6 Å². The molecule has 2 aliphatic heterocycles. The molecule has 0 atom stereocenters. The predicted molar refractivity (Wildman–Crippen MR) is 96.9 cm³/mol. The first-order valence-corrected chi connectivity index (χ1v) is 8.78. The molecule has 0 amide bonds. The summed E-state index contributed by atoms with van der Waals surface area (Å²) >= 11 is 0. The molecule has 0 radical (unpaired) electrons. The van der Waals surface area contributed by atoms with Crippen LogP contribution >= 0.6 is 0 Å². The minimum absolute atomic E-state index is 0.464. The standard InChI is InChI=1S/C18H21N7/c19-14-15-4-3-5-16(21-15)23-10-12-24(13-11-23)17-6-7-20-18(22-17)25-8-1-2-9-25/h3-7H,1-2,8-13H2. The van der Waals surface area contributed by atoms with Crippen molar-refractivity contribution in [3.8, 4) is 6.07 Å². The van der Waals surface area contributed by atoms with E-state index in [0.717, 1.165) is 56.9 Å². The SMILES string of the molecule is N#Cc1cccc(N2CCN(c3ccnc(N4CCCC4)n3)CC2)n1. The smallest absolute Gasteiger partial charge is 0.227 e. The molecule has 0 bridgehead atoms. The van der Waals surface area contributed by atoms with Crippen molar-refractivity contribution in [1.82, 2.24) is 15.0 Å². The molecular formula is C18H21N7. The van der Waals surface area contributed by atoms with Gasteiger partial charge in [-0.2, -0.15) is 10.2 Å². The lowest BCUT2D eigenvalue weighted by Crippen LogP contribution is -2.47. The summed E-state index contributed by atoms with van der Waals surface area (Å²) in [5, 5.41) is 9.01. The fourth-order valence-corrected chi connectivity index (χ4v) is 3.41. The van der Waals surface area contributed by atoms with E-state index in [4.69, 9.17) is 10.2 Å². The number of aromatic nitrogens is 3. The Balaban J connectivity index is 1.43. The molecule has 2 aromatic rings. The van der Waals surface area contributed by atoms with Crippen LogP contribution in [0.2, 0.25) is 0 Å². The summed E-state index contributed by atoms with van der Waals surface area (Å²) in [5.41, 5.74) is 0.464. The van der Waals surface area contributed by atoms with Gasteiger partial charge in [-0.3, -0.25) is 0 Å². The van der Waals surface area contributed by atoms with Crippen LogP contribution in [0.1, 0.15) is 18.5 Å². The molecule has 7 nitrogen and oxygen atoms in total. The zero-order chi connectivity index (χ0) is 17.1. The first-order chi connectivity index (χ1) is 12.3. The Labute approximate surface area is 147 Å². The minimum atomic E-state index is 0.464. The highest BCUT2D eigenvalue weighted by Gasteiger charge is 2.21. The molecule has 0 aliphatic carbocycles. The van der Waals surface area contributed by atoms with E-state index in [9.17, 15) is 0 Å². The number of rotatable bonds is 3. The van der Waals surface area contributed by atoms with Crippen LogP contribution in [0, 0.1) is 11.3 Å². The quantitative estimate of drug-likeness (QED) is 0.845. The van der Waals surface area contributed by atoms with E-state index >= 15 is 0 Å². The maximum Gasteiger partial charge on any atom is 0.227 e. The number of piperazine rings is 1. The predicted octanol–water partition coefficient (Wildman–Crippen LogP) is 1.67. The molecule has 128 valence electrons. The van der Waals surface area contributed by atoms with Gasteiger partial charge in [-0.25, -0.2) is 9.97 Å². The zero-order valence-corrected chi connectivity index (χ0v) is 14.2. The van der Waals surface area contributed by atoms with Crippen molar-refractivity contribution in [3.05, 3.63) is 36.2 Å². The fourth-order valence-electron chi connectivity index (χ4n) is 3.41. The number of nitriles is 1. The van der Waals surface area contributed by atoms with Crippen LogP contribution in [0.15, 0.2) is 30.5 Å². The van der Waals surface area contributed by atoms with Crippen molar-refractivity contribution < 1.29 is 0 Å². The molecule has 4 rings (SSSR count). The Morgan fingerprint density at radius 2 is 1.48 bits per heavy atom. The van der Waals surface area contributed by atoms with Crippen molar-refractivity contribution >= 4 is 17.6 Å². The Bertz CT molecular complexity index is 771. The molecule has 2 aromatic heterocycles. The maximum atomic E-state index is 9.01. The number of hydrogen-bond donors (Lipinski definition) is 0. The van der Waals surface area contributed by atoms with Crippen molar-refractivity contribution in [3.63, 3.8) is 0 Å². The van der Waals surface area contributed by atoms with Crippen molar-refractivity contribution in [1.29, 1.82) is 5.26 Å². The lowest BCUT2D eigenvalue weighted by Gasteiger charge is -2.36. The van der Waals surface area contributed by atoms with Crippen LogP contribution in [-0.2, 0) is 0 Å². The molecule has 0 unspecified atom stereocenters. The van der Waals surface area contributed by atoms with Gasteiger partial charge in [0.1, 0.15) is 23.4 Å². The number of hydrogen-bond acceptors (Lipinski definition) is 7. The Morgan fingerprint density at radius 1 is 0.800 bits per heavy atom. The lowest BCUT2D eigenvalue weighted by molar-refractivity contribution is 0.640. The molecular weight excluding hydrogens is 314 g/mol. The molecule has 2 fully saturated rings. The second kappa shape index (κ2) is 6.93. The molecule has 0 saturated carbocycles. The van der Waals surface area contributed by atoms with Gasteiger partial charge in [0.25, 0.3) is 0 Å². The lowest BCUT2D eigenvalue weighted by atomic mass is 10.3. The average molecular weight is 335 g/mol. The van der Waals surface area contributed by atoms with Crippen LogP contribution in [0.25, 0.3) is 0 Å². The minimum Gasteiger partial charge on any atom is -0.353 e. The molecule has 7 heteroatoms. The molecule has 4 heterocycles. The van der Waals surface area contributed by atoms with Crippen LogP contribution < -0.4 is 14.7 Å². The molecule has 2 aliphatic rings. The van der Waals surface area contributed by atoms with E-state index in [1.807, 2.05) is 24.4 Å². The van der Waals surface area contributed by atoms with Gasteiger partial charge in [-0.1, -0.05) is 6.07 Å². The summed E-state index contributed by atoms with van der Waals surface area (Å²) in [7, 11) is 0. The topological polar surface area (TPSA) is 72.2 Å². The van der Waals surface area contributed by atoms with Crippen LogP contribution in [0.3, 0.4) is 0 Å². The maximum absolute atomic E-state index is 9.01. The first-order valence-electron chi connectivity index (χ1n) is 8.78. The number of nitrogens with zero attached hydrogens (tertiary/aromatic N) is 7. The van der Waals surface area contributed by atoms with E-state index < -0.39 is 0 Å². The Kier molecular flexibility index (Phi) is 4.34. The second-order valence-electron chi connectivity index (χ2n) is 6.38. The van der Waals surface area contributed by atoms with E-state index in [1.165, 1.54) is 12.8 Å². The third kappa shape index (κ3) is 3.33. The summed E-state index contributed by atoms with van der Waals surface area (Å²) in [4.78, 5) is 20.4. The molecule has 0 spiro atoms. The molecule has 0 aromatic carbocycles. The summed E-state index contributed by atoms with van der Waals surface area (Å²) < 4.78 is 0. The molecule has 0 N–H and O–H groups in total. The first kappa shape index (κ1) is 15.6. The van der Waals surface area contributed by atoms with E-state index in [-0.39, 0.29) is 0 Å². The zero-order valence-electron chi connectivity index (χ0n) is 14.2. The van der Waals surface area contributed by atoms with E-state index in [0.29, 0.717) is 5.69 Å². The summed E-state index contributed by atoms with van der Waals surface area (Å²) in [5.74, 6) is 2.72. The van der Waals surface area contributed by atoms with Crippen LogP contribution in [0.5, 0.6) is 0 Å². The summed E-state index contributed by atoms with van der Waals surface area (Å²) in [6, 6.07) is 9.68. The largest absolute Gasteiger partial charge is 0.353 e. The van der Waals surface area contributed by atoms with Crippen molar-refractivity contribution in [2.45, 2.75) is 12.8 Å². The van der Waals surface area contributed by atoms with Crippen molar-refractivity contribution in [2.24, 2.45) is 0 Å². The van der Waals surface area contributed by atoms with Gasteiger partial charge in [-0.05, 0) is 31.0 Å². The third-order valence-corrected chi connectivity index (χ3v) is 4.79. The van der Waals surface area contributed by atoms with E-state index in [2.05, 4.69) is 30.7 Å². The highest BCUT2D eigenvalue weighted by Crippen LogP contribution is 2.21. The number of pyridine rings is 1. The normalized spacial score (nSPS) is 17.6. The van der Waals surface area contributed by atoms with Gasteiger partial charge in [0, 0.05) is 45.5 Å². The average Bonchev–Trinajstić information content (AvgIpc) is 3.23. The van der Waals surface area contributed by atoms with Crippen molar-refractivity contribution in [2.75, 3.05) is 54.0 Å². The monoisotopic (exact) mass is 335 g/mol. The fraction of sp³-hybridized carbons (Fsp3) is 0.444. The van der Waals surface area contributed by atoms with Gasteiger partial charge >= 0.3 is 0 Å². The molecule has 2 saturated heterocycles. The van der Waals surface area contributed by atoms with Gasteiger partial charge in [0.2, 0.25) is 5.95 Å². The van der Waals surface area contributed by atoms with Gasteiger partial charge < -0.3 is 14.7 Å². The van der Waals surface area contributed by atoms with Gasteiger partial charge in [-0.15, -0.1) is 0 Å². The Hall–Kier alpha value is -2.88. The Morgan fingerprint density at radius 3 is 2.16 bits per heavy atom. The molecule has 25 heavy (non-hydrogen) atoms.